The molecule has 0 aromatic rings. The predicted octanol–water partition coefficient (Wildman–Crippen LogP) is 7.06. The maximum absolute atomic E-state index is 11.5. The molecule has 1 aliphatic heterocycles. The molecule has 1 heterocycles. The first-order chi connectivity index (χ1) is 15.9. The Balaban J connectivity index is 1.26. The van der Waals surface area contributed by atoms with Crippen molar-refractivity contribution >= 4 is 0 Å². The van der Waals surface area contributed by atoms with Crippen molar-refractivity contribution in [2.24, 2.45) is 63.6 Å². The minimum Gasteiger partial charge on any atom is -0.393 e. The van der Waals surface area contributed by atoms with Crippen LogP contribution in [0.2, 0.25) is 0 Å². The van der Waals surface area contributed by atoms with Crippen molar-refractivity contribution < 1.29 is 14.6 Å². The van der Waals surface area contributed by atoms with Gasteiger partial charge in [-0.25, -0.2) is 0 Å². The van der Waals surface area contributed by atoms with Crippen LogP contribution in [0.15, 0.2) is 0 Å². The van der Waals surface area contributed by atoms with E-state index in [1.165, 1.54) is 44.9 Å². The van der Waals surface area contributed by atoms with Gasteiger partial charge in [0, 0.05) is 5.41 Å². The van der Waals surface area contributed by atoms with Crippen LogP contribution in [0.4, 0.5) is 0 Å². The topological polar surface area (TPSA) is 38.7 Å². The fourth-order valence-corrected chi connectivity index (χ4v) is 11.5. The molecule has 0 bridgehead atoms. The smallest absolute Gasteiger partial charge is 0.163 e. The van der Waals surface area contributed by atoms with E-state index in [9.17, 15) is 5.11 Å². The largest absolute Gasteiger partial charge is 0.393 e. The van der Waals surface area contributed by atoms with Gasteiger partial charge in [-0.2, -0.15) is 0 Å². The quantitative estimate of drug-likeness (QED) is 0.476. The fraction of sp³-hybridized carbons (Fsp3) is 1.00. The highest BCUT2D eigenvalue weighted by molar-refractivity contribution is 5.25. The van der Waals surface area contributed by atoms with E-state index in [0.717, 1.165) is 30.1 Å². The SMILES string of the molecule is CC(C)[C@H](C)[C@H]1OC(C)(C)O[C@@H]1[C@@H](C)[C@H]1CC[C@H]2[C@@H]3C[C@@H](O)[C@]45C[C@@H]4CC[C@]5(C)[C@H]3CC[C@]12C. The van der Waals surface area contributed by atoms with E-state index in [1.54, 1.807) is 0 Å². The molecular weight excluding hydrogens is 420 g/mol. The Bertz CT molecular complexity index is 821. The van der Waals surface area contributed by atoms with Crippen LogP contribution in [-0.4, -0.2) is 29.2 Å². The predicted molar refractivity (Wildman–Crippen MR) is 136 cm³/mol. The summed E-state index contributed by atoms with van der Waals surface area (Å²) < 4.78 is 13.2. The molecule has 0 aromatic heterocycles. The molecule has 1 spiro atoms. The van der Waals surface area contributed by atoms with Gasteiger partial charge in [-0.15, -0.1) is 0 Å². The van der Waals surface area contributed by atoms with E-state index in [0.29, 0.717) is 39.9 Å². The minimum absolute atomic E-state index is 0.0475. The van der Waals surface area contributed by atoms with E-state index in [-0.39, 0.29) is 18.3 Å². The number of hydrogen-bond acceptors (Lipinski definition) is 3. The van der Waals surface area contributed by atoms with Gasteiger partial charge in [0.25, 0.3) is 0 Å². The Morgan fingerprint density at radius 3 is 2.21 bits per heavy atom. The fourth-order valence-electron chi connectivity index (χ4n) is 11.5. The summed E-state index contributed by atoms with van der Waals surface area (Å²) in [6.07, 6.45) is 10.9. The minimum atomic E-state index is -0.483. The molecule has 5 aliphatic carbocycles. The molecule has 6 rings (SSSR count). The number of rotatable bonds is 4. The van der Waals surface area contributed by atoms with Crippen LogP contribution in [0, 0.1) is 63.6 Å². The first kappa shape index (κ1) is 24.2. The second-order valence-electron chi connectivity index (χ2n) is 15.3. The molecule has 1 N–H and O–H groups in total. The number of fused-ring (bicyclic) bond motifs is 4. The van der Waals surface area contributed by atoms with E-state index in [4.69, 9.17) is 9.47 Å². The highest BCUT2D eigenvalue weighted by Crippen LogP contribution is 2.81. The molecule has 194 valence electrons. The Kier molecular flexibility index (Phi) is 5.32. The molecule has 0 unspecified atom stereocenters. The molecule has 3 nitrogen and oxygen atoms in total. The third kappa shape index (κ3) is 2.99. The van der Waals surface area contributed by atoms with Crippen LogP contribution in [0.5, 0.6) is 0 Å². The van der Waals surface area contributed by atoms with Crippen molar-refractivity contribution in [1.82, 2.24) is 0 Å². The summed E-state index contributed by atoms with van der Waals surface area (Å²) in [6, 6.07) is 0. The zero-order valence-electron chi connectivity index (χ0n) is 23.3. The third-order valence-electron chi connectivity index (χ3n) is 13.5. The molecule has 34 heavy (non-hydrogen) atoms. The van der Waals surface area contributed by atoms with Crippen molar-refractivity contribution in [3.63, 3.8) is 0 Å². The van der Waals surface area contributed by atoms with E-state index >= 15 is 0 Å². The van der Waals surface area contributed by atoms with Gasteiger partial charge in [0.1, 0.15) is 0 Å². The average Bonchev–Trinajstić information content (AvgIpc) is 3.10. The molecule has 6 fully saturated rings. The van der Waals surface area contributed by atoms with Gasteiger partial charge in [0.15, 0.2) is 5.79 Å². The van der Waals surface area contributed by atoms with Crippen molar-refractivity contribution in [2.75, 3.05) is 0 Å². The highest BCUT2D eigenvalue weighted by atomic mass is 16.8. The summed E-state index contributed by atoms with van der Waals surface area (Å²) in [6.45, 7) is 18.9. The summed E-state index contributed by atoms with van der Waals surface area (Å²) in [7, 11) is 0. The van der Waals surface area contributed by atoms with Crippen molar-refractivity contribution in [3.05, 3.63) is 0 Å². The standard InChI is InChI=1S/C31H52O3/c1-17(2)18(3)26-27(34-28(5,6)33-26)19(4)22-9-10-23-21-15-25(32)31-16-20(31)11-14-30(31,8)24(21)12-13-29(22,23)7/h17-27,32H,9-16H2,1-8H3/t18-,19-,20-,21-,22+,23-,24-,25+,26+,27+,29+,30+,31-/m0/s1. The molecule has 0 aromatic carbocycles. The first-order valence-electron chi connectivity index (χ1n) is 14.9. The lowest BCUT2D eigenvalue weighted by Crippen LogP contribution is -2.57. The maximum atomic E-state index is 11.5. The number of hydrogen-bond donors (Lipinski definition) is 1. The normalized spacial score (nSPS) is 57.0. The highest BCUT2D eigenvalue weighted by Gasteiger charge is 2.77. The van der Waals surface area contributed by atoms with E-state index in [2.05, 4.69) is 55.4 Å². The summed E-state index contributed by atoms with van der Waals surface area (Å²) in [5.41, 5.74) is 1.08. The van der Waals surface area contributed by atoms with Crippen molar-refractivity contribution in [3.8, 4) is 0 Å². The van der Waals surface area contributed by atoms with Gasteiger partial charge in [0.05, 0.1) is 18.3 Å². The Labute approximate surface area is 209 Å². The number of aliphatic hydroxyl groups excluding tert-OH is 1. The van der Waals surface area contributed by atoms with Crippen molar-refractivity contribution in [2.45, 2.75) is 131 Å². The van der Waals surface area contributed by atoms with Gasteiger partial charge >= 0.3 is 0 Å². The van der Waals surface area contributed by atoms with E-state index < -0.39 is 5.79 Å². The molecule has 3 heteroatoms. The van der Waals surface area contributed by atoms with Crippen molar-refractivity contribution in [1.29, 1.82) is 0 Å². The second-order valence-corrected chi connectivity index (χ2v) is 15.3. The maximum Gasteiger partial charge on any atom is 0.163 e. The molecular formula is C31H52O3. The first-order valence-corrected chi connectivity index (χ1v) is 14.9. The van der Waals surface area contributed by atoms with Gasteiger partial charge in [-0.3, -0.25) is 0 Å². The average molecular weight is 473 g/mol. The van der Waals surface area contributed by atoms with Gasteiger partial charge < -0.3 is 14.6 Å². The molecule has 0 amide bonds. The second kappa shape index (κ2) is 7.47. The van der Waals surface area contributed by atoms with Crippen LogP contribution >= 0.6 is 0 Å². The van der Waals surface area contributed by atoms with Crippen LogP contribution in [0.3, 0.4) is 0 Å². The van der Waals surface area contributed by atoms with Crippen LogP contribution in [-0.2, 0) is 9.47 Å². The molecule has 0 radical (unpaired) electrons. The van der Waals surface area contributed by atoms with Gasteiger partial charge in [-0.1, -0.05) is 41.5 Å². The lowest BCUT2D eigenvalue weighted by Gasteiger charge is -2.60. The third-order valence-corrected chi connectivity index (χ3v) is 13.5. The summed E-state index contributed by atoms with van der Waals surface area (Å²) >= 11 is 0. The zero-order valence-corrected chi connectivity index (χ0v) is 23.3. The van der Waals surface area contributed by atoms with Crippen LogP contribution in [0.25, 0.3) is 0 Å². The van der Waals surface area contributed by atoms with E-state index in [1.807, 2.05) is 0 Å². The lowest BCUT2D eigenvalue weighted by molar-refractivity contribution is -0.164. The Morgan fingerprint density at radius 2 is 1.53 bits per heavy atom. The monoisotopic (exact) mass is 472 g/mol. The molecule has 13 atom stereocenters. The summed E-state index contributed by atoms with van der Waals surface area (Å²) in [5, 5.41) is 11.5. The Hall–Kier alpha value is -0.120. The summed E-state index contributed by atoms with van der Waals surface area (Å²) in [5.74, 6) is 4.98. The summed E-state index contributed by atoms with van der Waals surface area (Å²) in [4.78, 5) is 0. The molecule has 5 saturated carbocycles. The molecule has 1 saturated heterocycles. The number of aliphatic hydroxyl groups is 1. The number of ether oxygens (including phenoxy) is 2. The molecule has 6 aliphatic rings. The van der Waals surface area contributed by atoms with Crippen LogP contribution < -0.4 is 0 Å². The zero-order chi connectivity index (χ0) is 24.4. The van der Waals surface area contributed by atoms with Crippen LogP contribution in [0.1, 0.15) is 107 Å². The Morgan fingerprint density at radius 1 is 0.824 bits per heavy atom. The lowest BCUT2D eigenvalue weighted by atomic mass is 9.45. The van der Waals surface area contributed by atoms with Gasteiger partial charge in [-0.05, 0) is 123 Å². The van der Waals surface area contributed by atoms with Gasteiger partial charge in [0.2, 0.25) is 0 Å².